The van der Waals surface area contributed by atoms with E-state index in [1.165, 1.54) is 21.9 Å². The molecule has 0 spiro atoms. The van der Waals surface area contributed by atoms with Crippen molar-refractivity contribution >= 4 is 56.2 Å². The molecule has 3 aromatic rings. The highest BCUT2D eigenvalue weighted by Gasteiger charge is 2.33. The molecule has 4 rings (SSSR count). The maximum Gasteiger partial charge on any atom is 0.275 e. The molecule has 0 aliphatic carbocycles. The minimum atomic E-state index is -0.429. The van der Waals surface area contributed by atoms with Crippen LogP contribution in [0.15, 0.2) is 29.1 Å². The first-order chi connectivity index (χ1) is 13.0. The van der Waals surface area contributed by atoms with Crippen molar-refractivity contribution in [2.45, 2.75) is 25.8 Å². The van der Waals surface area contributed by atoms with Gasteiger partial charge in [0.15, 0.2) is 0 Å². The highest BCUT2D eigenvalue weighted by molar-refractivity contribution is 7.20. The normalized spacial score (nSPS) is 17.1. The van der Waals surface area contributed by atoms with E-state index >= 15 is 0 Å². The van der Waals surface area contributed by atoms with Gasteiger partial charge in [0.25, 0.3) is 5.56 Å². The minimum absolute atomic E-state index is 0.0813. The van der Waals surface area contributed by atoms with Crippen molar-refractivity contribution < 1.29 is 4.79 Å². The maximum absolute atomic E-state index is 12.8. The Labute approximate surface area is 168 Å². The number of nitrogens with zero attached hydrogens (tertiary/aromatic N) is 4. The Morgan fingerprint density at radius 3 is 2.81 bits per heavy atom. The van der Waals surface area contributed by atoms with Gasteiger partial charge in [-0.1, -0.05) is 41.5 Å². The number of hydrogen-bond donors (Lipinski definition) is 1. The summed E-state index contributed by atoms with van der Waals surface area (Å²) in [6, 6.07) is 6.16. The van der Waals surface area contributed by atoms with Crippen LogP contribution in [0.5, 0.6) is 0 Å². The third-order valence-corrected chi connectivity index (χ3v) is 5.96. The molecule has 1 aliphatic heterocycles. The first kappa shape index (κ1) is 18.2. The van der Waals surface area contributed by atoms with Crippen molar-refractivity contribution in [3.05, 3.63) is 50.4 Å². The fourth-order valence-electron chi connectivity index (χ4n) is 2.97. The van der Waals surface area contributed by atoms with E-state index < -0.39 is 6.04 Å². The van der Waals surface area contributed by atoms with Crippen molar-refractivity contribution in [3.8, 4) is 0 Å². The third kappa shape index (κ3) is 3.40. The number of nitrogens with one attached hydrogen (secondary N) is 1. The summed E-state index contributed by atoms with van der Waals surface area (Å²) in [5.41, 5.74) is 1.20. The van der Waals surface area contributed by atoms with E-state index in [4.69, 9.17) is 23.2 Å². The molecule has 1 aliphatic rings. The molecule has 1 aromatic carbocycles. The standard InChI is InChI=1S/C17H15Cl2N5O2S/c1-2-9-7-14(25)24-17(20-9)27-16(22-24)21-13-5-6-23(15(13)26)10-3-4-11(18)12(19)8-10/h3-4,7-8,13H,2,5-6H2,1H3,(H,21,22). The Hall–Kier alpha value is -2.16. The first-order valence-electron chi connectivity index (χ1n) is 8.39. The van der Waals surface area contributed by atoms with E-state index in [0.29, 0.717) is 45.2 Å². The summed E-state index contributed by atoms with van der Waals surface area (Å²) in [6.07, 6.45) is 1.28. The number of halogens is 2. The molecular formula is C17H15Cl2N5O2S. The van der Waals surface area contributed by atoms with Gasteiger partial charge in [-0.2, -0.15) is 4.52 Å². The van der Waals surface area contributed by atoms with Crippen LogP contribution >= 0.6 is 34.5 Å². The summed E-state index contributed by atoms with van der Waals surface area (Å²) in [4.78, 5) is 31.5. The molecule has 7 nitrogen and oxygen atoms in total. The van der Waals surface area contributed by atoms with Crippen LogP contribution in [0.1, 0.15) is 19.0 Å². The molecule has 0 saturated carbocycles. The van der Waals surface area contributed by atoms with Crippen LogP contribution in [0.4, 0.5) is 10.8 Å². The van der Waals surface area contributed by atoms with Crippen LogP contribution in [0.2, 0.25) is 10.0 Å². The summed E-state index contributed by atoms with van der Waals surface area (Å²) < 4.78 is 1.25. The lowest BCUT2D eigenvalue weighted by Gasteiger charge is -2.17. The van der Waals surface area contributed by atoms with Crippen LogP contribution in [0.3, 0.4) is 0 Å². The second-order valence-corrected chi connectivity index (χ2v) is 7.89. The predicted octanol–water partition coefficient (Wildman–Crippen LogP) is 3.24. The van der Waals surface area contributed by atoms with Crippen molar-refractivity contribution in [3.63, 3.8) is 0 Å². The Bertz CT molecular complexity index is 1100. The molecule has 1 amide bonds. The largest absolute Gasteiger partial charge is 0.348 e. The lowest BCUT2D eigenvalue weighted by atomic mass is 10.2. The van der Waals surface area contributed by atoms with Gasteiger partial charge >= 0.3 is 0 Å². The fourth-order valence-corrected chi connectivity index (χ4v) is 4.14. The minimum Gasteiger partial charge on any atom is -0.348 e. The Morgan fingerprint density at radius 2 is 2.07 bits per heavy atom. The van der Waals surface area contributed by atoms with Crippen molar-refractivity contribution in [1.82, 2.24) is 14.6 Å². The average molecular weight is 424 g/mol. The molecule has 1 fully saturated rings. The van der Waals surface area contributed by atoms with Crippen molar-refractivity contribution in [1.29, 1.82) is 0 Å². The van der Waals surface area contributed by atoms with Gasteiger partial charge in [0.05, 0.1) is 10.0 Å². The van der Waals surface area contributed by atoms with Gasteiger partial charge in [-0.25, -0.2) is 4.98 Å². The summed E-state index contributed by atoms with van der Waals surface area (Å²) in [7, 11) is 0. The van der Waals surface area contributed by atoms with E-state index in [-0.39, 0.29) is 11.5 Å². The van der Waals surface area contributed by atoms with E-state index in [0.717, 1.165) is 5.69 Å². The number of hydrogen-bond acceptors (Lipinski definition) is 6. The van der Waals surface area contributed by atoms with E-state index in [1.807, 2.05) is 6.92 Å². The maximum atomic E-state index is 12.8. The number of amides is 1. The van der Waals surface area contributed by atoms with Gasteiger partial charge in [-0.3, -0.25) is 9.59 Å². The zero-order valence-electron chi connectivity index (χ0n) is 14.3. The zero-order chi connectivity index (χ0) is 19.1. The smallest absolute Gasteiger partial charge is 0.275 e. The van der Waals surface area contributed by atoms with Gasteiger partial charge in [-0.05, 0) is 31.0 Å². The van der Waals surface area contributed by atoms with E-state index in [9.17, 15) is 9.59 Å². The number of fused-ring (bicyclic) bond motifs is 1. The quantitative estimate of drug-likeness (QED) is 0.696. The number of aryl methyl sites for hydroxylation is 1. The third-order valence-electron chi connectivity index (χ3n) is 4.38. The van der Waals surface area contributed by atoms with Crippen LogP contribution in [0.25, 0.3) is 4.96 Å². The molecule has 0 radical (unpaired) electrons. The van der Waals surface area contributed by atoms with E-state index in [1.54, 1.807) is 23.1 Å². The molecule has 140 valence electrons. The van der Waals surface area contributed by atoms with Gasteiger partial charge in [0.2, 0.25) is 16.0 Å². The van der Waals surface area contributed by atoms with Crippen LogP contribution in [-0.4, -0.2) is 33.1 Å². The number of anilines is 2. The molecule has 1 saturated heterocycles. The second kappa shape index (κ2) is 7.10. The lowest BCUT2D eigenvalue weighted by Crippen LogP contribution is -2.33. The van der Waals surface area contributed by atoms with Gasteiger partial charge in [0, 0.05) is 24.0 Å². The molecule has 2 aromatic heterocycles. The molecule has 10 heteroatoms. The lowest BCUT2D eigenvalue weighted by molar-refractivity contribution is -0.117. The second-order valence-electron chi connectivity index (χ2n) is 6.11. The van der Waals surface area contributed by atoms with Gasteiger partial charge in [-0.15, -0.1) is 5.10 Å². The van der Waals surface area contributed by atoms with Crippen LogP contribution < -0.4 is 15.8 Å². The number of aromatic nitrogens is 3. The summed E-state index contributed by atoms with van der Waals surface area (Å²) in [6.45, 7) is 2.49. The Balaban J connectivity index is 1.56. The predicted molar refractivity (Wildman–Crippen MR) is 107 cm³/mol. The summed E-state index contributed by atoms with van der Waals surface area (Å²) >= 11 is 13.3. The van der Waals surface area contributed by atoms with Crippen LogP contribution in [0, 0.1) is 0 Å². The van der Waals surface area contributed by atoms with Crippen LogP contribution in [-0.2, 0) is 11.2 Å². The van der Waals surface area contributed by atoms with Crippen molar-refractivity contribution in [2.24, 2.45) is 0 Å². The van der Waals surface area contributed by atoms with Gasteiger partial charge < -0.3 is 10.2 Å². The summed E-state index contributed by atoms with van der Waals surface area (Å²) in [5, 5.41) is 8.71. The molecule has 1 atom stereocenters. The Morgan fingerprint density at radius 1 is 1.26 bits per heavy atom. The van der Waals surface area contributed by atoms with E-state index in [2.05, 4.69) is 15.4 Å². The Kier molecular flexibility index (Phi) is 4.79. The zero-order valence-corrected chi connectivity index (χ0v) is 16.6. The number of carbonyl (C=O) groups excluding carboxylic acids is 1. The fraction of sp³-hybridized carbons (Fsp3) is 0.294. The topological polar surface area (TPSA) is 79.6 Å². The van der Waals surface area contributed by atoms with Crippen molar-refractivity contribution in [2.75, 3.05) is 16.8 Å². The highest BCUT2D eigenvalue weighted by atomic mass is 35.5. The number of rotatable bonds is 4. The number of benzene rings is 1. The first-order valence-corrected chi connectivity index (χ1v) is 9.96. The molecule has 1 N–H and O–H groups in total. The number of carbonyl (C=O) groups is 1. The molecule has 3 heterocycles. The van der Waals surface area contributed by atoms with Gasteiger partial charge in [0.1, 0.15) is 6.04 Å². The summed E-state index contributed by atoms with van der Waals surface area (Å²) in [5.74, 6) is -0.0813. The SMILES string of the molecule is CCc1cc(=O)n2nc(NC3CCN(c4ccc(Cl)c(Cl)c4)C3=O)sc2n1. The molecular weight excluding hydrogens is 409 g/mol. The molecule has 1 unspecified atom stereocenters. The average Bonchev–Trinajstić information content (AvgIpc) is 3.22. The monoisotopic (exact) mass is 423 g/mol. The highest BCUT2D eigenvalue weighted by Crippen LogP contribution is 2.30. The molecule has 27 heavy (non-hydrogen) atoms. The molecule has 0 bridgehead atoms.